The van der Waals surface area contributed by atoms with Gasteiger partial charge in [-0.25, -0.2) is 8.42 Å². The van der Waals surface area contributed by atoms with Crippen molar-refractivity contribution >= 4 is 10.0 Å². The Bertz CT molecular complexity index is 388. The Kier molecular flexibility index (Phi) is 6.92. The van der Waals surface area contributed by atoms with Gasteiger partial charge in [-0.1, -0.05) is 13.3 Å². The minimum Gasteiger partial charge on any atom is -0.317 e. The maximum Gasteiger partial charge on any atom is 0.214 e. The van der Waals surface area contributed by atoms with E-state index in [0.717, 1.165) is 51.7 Å². The first-order valence-electron chi connectivity index (χ1n) is 8.57. The fraction of sp³-hybridized carbons (Fsp3) is 1.00. The van der Waals surface area contributed by atoms with Gasteiger partial charge in [-0.2, -0.15) is 4.31 Å². The Morgan fingerprint density at radius 2 is 1.90 bits per heavy atom. The van der Waals surface area contributed by atoms with E-state index in [1.54, 1.807) is 0 Å². The van der Waals surface area contributed by atoms with Gasteiger partial charge < -0.3 is 10.6 Å². The van der Waals surface area contributed by atoms with Gasteiger partial charge in [0.15, 0.2) is 0 Å². The van der Waals surface area contributed by atoms with Crippen molar-refractivity contribution < 1.29 is 8.42 Å². The van der Waals surface area contributed by atoms with Gasteiger partial charge in [-0.15, -0.1) is 0 Å². The number of sulfonamides is 1. The zero-order valence-corrected chi connectivity index (χ0v) is 14.1. The zero-order chi connectivity index (χ0) is 15.1. The Labute approximate surface area is 129 Å². The van der Waals surface area contributed by atoms with Crippen LogP contribution in [0.4, 0.5) is 0 Å². The van der Waals surface area contributed by atoms with Gasteiger partial charge in [0.1, 0.15) is 0 Å². The average molecular weight is 317 g/mol. The van der Waals surface area contributed by atoms with E-state index in [9.17, 15) is 8.42 Å². The smallest absolute Gasteiger partial charge is 0.214 e. The van der Waals surface area contributed by atoms with Crippen LogP contribution in [0.15, 0.2) is 0 Å². The summed E-state index contributed by atoms with van der Waals surface area (Å²) in [6, 6.07) is 0.713. The topological polar surface area (TPSA) is 61.4 Å². The van der Waals surface area contributed by atoms with E-state index in [1.807, 2.05) is 11.2 Å². The van der Waals surface area contributed by atoms with E-state index in [0.29, 0.717) is 18.3 Å². The van der Waals surface area contributed by atoms with Gasteiger partial charge >= 0.3 is 0 Å². The zero-order valence-electron chi connectivity index (χ0n) is 13.3. The van der Waals surface area contributed by atoms with E-state index >= 15 is 0 Å². The number of hydrogen-bond donors (Lipinski definition) is 2. The lowest BCUT2D eigenvalue weighted by atomic mass is 10.1. The molecule has 2 heterocycles. The third kappa shape index (κ3) is 5.20. The normalized spacial score (nSPS) is 24.8. The minimum absolute atomic E-state index is 0.203. The summed E-state index contributed by atoms with van der Waals surface area (Å²) in [6.45, 7) is 5.69. The van der Waals surface area contributed by atoms with Crippen LogP contribution in [0.5, 0.6) is 0 Å². The molecule has 0 saturated carbocycles. The van der Waals surface area contributed by atoms with Crippen molar-refractivity contribution in [1.82, 2.24) is 14.9 Å². The molecule has 1 unspecified atom stereocenters. The van der Waals surface area contributed by atoms with Crippen molar-refractivity contribution in [3.05, 3.63) is 0 Å². The second kappa shape index (κ2) is 8.46. The Balaban J connectivity index is 1.97. The lowest BCUT2D eigenvalue weighted by Crippen LogP contribution is -2.48. The molecule has 0 amide bonds. The molecule has 0 aromatic heterocycles. The molecule has 0 aromatic carbocycles. The SMILES string of the molecule is CCCCS(=O)(=O)N(CCC1CCCN1)C1CCNCC1. The fourth-order valence-electron chi connectivity index (χ4n) is 3.37. The Hall–Kier alpha value is -0.170. The predicted octanol–water partition coefficient (Wildman–Crippen LogP) is 1.31. The molecule has 2 N–H and O–H groups in total. The molecule has 0 aliphatic carbocycles. The van der Waals surface area contributed by atoms with E-state index in [1.165, 1.54) is 12.8 Å². The third-order valence-corrected chi connectivity index (χ3v) is 6.69. The molecule has 2 fully saturated rings. The van der Waals surface area contributed by atoms with E-state index in [2.05, 4.69) is 10.6 Å². The van der Waals surface area contributed by atoms with Crippen LogP contribution >= 0.6 is 0 Å². The maximum atomic E-state index is 12.7. The van der Waals surface area contributed by atoms with Crippen LogP contribution in [0.2, 0.25) is 0 Å². The standard InChI is InChI=1S/C15H31N3O2S/c1-2-3-13-21(19,20)18(15-6-10-16-11-7-15)12-8-14-5-4-9-17-14/h14-17H,2-13H2,1H3. The van der Waals surface area contributed by atoms with Crippen molar-refractivity contribution in [2.45, 2.75) is 64.0 Å². The summed E-state index contributed by atoms with van der Waals surface area (Å²) in [5.74, 6) is 0.311. The van der Waals surface area contributed by atoms with Crippen LogP contribution in [0, 0.1) is 0 Å². The molecule has 0 bridgehead atoms. The second-order valence-electron chi connectivity index (χ2n) is 6.34. The van der Waals surface area contributed by atoms with E-state index in [-0.39, 0.29) is 6.04 Å². The summed E-state index contributed by atoms with van der Waals surface area (Å²) < 4.78 is 27.2. The lowest BCUT2D eigenvalue weighted by molar-refractivity contribution is 0.253. The summed E-state index contributed by atoms with van der Waals surface area (Å²) in [5, 5.41) is 6.80. The highest BCUT2D eigenvalue weighted by atomic mass is 32.2. The van der Waals surface area contributed by atoms with Crippen molar-refractivity contribution in [1.29, 1.82) is 0 Å². The Morgan fingerprint density at radius 1 is 1.14 bits per heavy atom. The highest BCUT2D eigenvalue weighted by Crippen LogP contribution is 2.20. The summed E-state index contributed by atoms with van der Waals surface area (Å²) in [5.41, 5.74) is 0. The number of nitrogens with zero attached hydrogens (tertiary/aromatic N) is 1. The maximum absolute atomic E-state index is 12.7. The molecule has 2 aliphatic heterocycles. The number of piperidine rings is 1. The molecule has 0 aromatic rings. The molecule has 5 nitrogen and oxygen atoms in total. The summed E-state index contributed by atoms with van der Waals surface area (Å²) in [4.78, 5) is 0. The van der Waals surface area contributed by atoms with Gasteiger partial charge in [-0.3, -0.25) is 0 Å². The van der Waals surface area contributed by atoms with Crippen LogP contribution in [0.25, 0.3) is 0 Å². The molecule has 1 atom stereocenters. The van der Waals surface area contributed by atoms with Crippen molar-refractivity contribution in [3.63, 3.8) is 0 Å². The van der Waals surface area contributed by atoms with Gasteiger partial charge in [0.25, 0.3) is 0 Å². The molecule has 2 aliphatic rings. The highest BCUT2D eigenvalue weighted by Gasteiger charge is 2.31. The molecule has 0 spiro atoms. The van der Waals surface area contributed by atoms with Crippen molar-refractivity contribution in [3.8, 4) is 0 Å². The second-order valence-corrected chi connectivity index (χ2v) is 8.38. The number of unbranched alkanes of at least 4 members (excludes halogenated alkanes) is 1. The van der Waals surface area contributed by atoms with Crippen molar-refractivity contribution in [2.75, 3.05) is 31.9 Å². The minimum atomic E-state index is -3.10. The van der Waals surface area contributed by atoms with Crippen LogP contribution < -0.4 is 10.6 Å². The predicted molar refractivity (Wildman–Crippen MR) is 86.9 cm³/mol. The third-order valence-electron chi connectivity index (χ3n) is 4.69. The highest BCUT2D eigenvalue weighted by molar-refractivity contribution is 7.89. The summed E-state index contributed by atoms with van der Waals surface area (Å²) in [6.07, 6.45) is 6.97. The molecule has 2 rings (SSSR count). The van der Waals surface area contributed by atoms with E-state index < -0.39 is 10.0 Å². The summed E-state index contributed by atoms with van der Waals surface area (Å²) >= 11 is 0. The molecule has 0 radical (unpaired) electrons. The molecule has 21 heavy (non-hydrogen) atoms. The van der Waals surface area contributed by atoms with E-state index in [4.69, 9.17) is 0 Å². The largest absolute Gasteiger partial charge is 0.317 e. The van der Waals surface area contributed by atoms with Gasteiger partial charge in [0, 0.05) is 18.6 Å². The lowest BCUT2D eigenvalue weighted by Gasteiger charge is -2.34. The number of rotatable bonds is 8. The van der Waals surface area contributed by atoms with Gasteiger partial charge in [-0.05, 0) is 58.2 Å². The monoisotopic (exact) mass is 317 g/mol. The van der Waals surface area contributed by atoms with Gasteiger partial charge in [0.2, 0.25) is 10.0 Å². The van der Waals surface area contributed by atoms with Crippen molar-refractivity contribution in [2.24, 2.45) is 0 Å². The molecule has 6 heteroatoms. The number of nitrogens with one attached hydrogen (secondary N) is 2. The first-order valence-corrected chi connectivity index (χ1v) is 10.2. The molecule has 124 valence electrons. The van der Waals surface area contributed by atoms with Crippen LogP contribution in [-0.2, 0) is 10.0 Å². The molecular formula is C15H31N3O2S. The molecular weight excluding hydrogens is 286 g/mol. The first-order chi connectivity index (χ1) is 10.1. The van der Waals surface area contributed by atoms with Crippen LogP contribution in [0.3, 0.4) is 0 Å². The average Bonchev–Trinajstić information content (AvgIpc) is 3.00. The number of hydrogen-bond acceptors (Lipinski definition) is 4. The Morgan fingerprint density at radius 3 is 2.52 bits per heavy atom. The summed E-state index contributed by atoms with van der Waals surface area (Å²) in [7, 11) is -3.10. The van der Waals surface area contributed by atoms with Crippen LogP contribution in [0.1, 0.15) is 51.9 Å². The first kappa shape index (κ1) is 17.2. The quantitative estimate of drug-likeness (QED) is 0.709. The van der Waals surface area contributed by atoms with Gasteiger partial charge in [0.05, 0.1) is 5.75 Å². The molecule has 2 saturated heterocycles. The fourth-order valence-corrected chi connectivity index (χ4v) is 5.31. The van der Waals surface area contributed by atoms with Crippen LogP contribution in [-0.4, -0.2) is 56.7 Å².